The van der Waals surface area contributed by atoms with Crippen LogP contribution in [0.2, 0.25) is 0 Å². The largest absolute Gasteiger partial charge is 0.490 e. The Balaban J connectivity index is 1.74. The highest BCUT2D eigenvalue weighted by Crippen LogP contribution is 2.38. The summed E-state index contributed by atoms with van der Waals surface area (Å²) in [5.41, 5.74) is 10.9. The molecule has 4 N–H and O–H groups in total. The highest BCUT2D eigenvalue weighted by molar-refractivity contribution is 6.09. The van der Waals surface area contributed by atoms with Gasteiger partial charge in [-0.25, -0.2) is 0 Å². The van der Waals surface area contributed by atoms with Crippen LogP contribution in [-0.4, -0.2) is 17.9 Å². The lowest BCUT2D eigenvalue weighted by atomic mass is 9.90. The molecule has 28 heavy (non-hydrogen) atoms. The molecular formula is C20H18N4O4. The fourth-order valence-corrected chi connectivity index (χ4v) is 3.45. The molecule has 0 spiro atoms. The lowest BCUT2D eigenvalue weighted by molar-refractivity contribution is -0.385. The number of nitrogen functional groups attached to an aromatic ring is 1. The van der Waals surface area contributed by atoms with Crippen molar-refractivity contribution in [2.24, 2.45) is 0 Å². The SMILES string of the molecule is COc1cc(C2=CC3=C(CC2)C(=O)Nc2ccc(N)cc2N3)ccc1[N+](=O)[O-]. The molecule has 2 aliphatic rings. The Bertz CT molecular complexity index is 1070. The number of amides is 1. The Morgan fingerprint density at radius 3 is 2.68 bits per heavy atom. The summed E-state index contributed by atoms with van der Waals surface area (Å²) in [6.45, 7) is 0. The topological polar surface area (TPSA) is 120 Å². The van der Waals surface area contributed by atoms with Crippen LogP contribution in [0.1, 0.15) is 18.4 Å². The smallest absolute Gasteiger partial charge is 0.310 e. The molecule has 0 fully saturated rings. The van der Waals surface area contributed by atoms with Gasteiger partial charge < -0.3 is 21.1 Å². The van der Waals surface area contributed by atoms with Crippen molar-refractivity contribution in [2.75, 3.05) is 23.5 Å². The fourth-order valence-electron chi connectivity index (χ4n) is 3.45. The Morgan fingerprint density at radius 1 is 1.11 bits per heavy atom. The van der Waals surface area contributed by atoms with Crippen LogP contribution in [-0.2, 0) is 4.79 Å². The first-order chi connectivity index (χ1) is 13.5. The maximum Gasteiger partial charge on any atom is 0.310 e. The lowest BCUT2D eigenvalue weighted by Crippen LogP contribution is -2.16. The summed E-state index contributed by atoms with van der Waals surface area (Å²) in [5, 5.41) is 17.3. The molecule has 0 saturated heterocycles. The zero-order chi connectivity index (χ0) is 19.8. The van der Waals surface area contributed by atoms with E-state index in [9.17, 15) is 14.9 Å². The van der Waals surface area contributed by atoms with E-state index in [0.29, 0.717) is 35.5 Å². The van der Waals surface area contributed by atoms with E-state index in [1.54, 1.807) is 30.3 Å². The lowest BCUT2D eigenvalue weighted by Gasteiger charge is -2.19. The summed E-state index contributed by atoms with van der Waals surface area (Å²) < 4.78 is 5.17. The Kier molecular flexibility index (Phi) is 4.23. The molecule has 0 radical (unpaired) electrons. The van der Waals surface area contributed by atoms with Crippen LogP contribution < -0.4 is 21.1 Å². The zero-order valence-corrected chi connectivity index (χ0v) is 15.1. The molecule has 142 valence electrons. The molecule has 8 heteroatoms. The number of hydrogen-bond donors (Lipinski definition) is 3. The monoisotopic (exact) mass is 378 g/mol. The molecular weight excluding hydrogens is 360 g/mol. The molecule has 1 heterocycles. The average molecular weight is 378 g/mol. The number of anilines is 3. The van der Waals surface area contributed by atoms with E-state index in [1.165, 1.54) is 13.2 Å². The standard InChI is InChI=1S/C20H18N4O4/c1-28-19-9-12(3-7-18(19)24(26)27)11-2-5-14-16(8-11)22-17-10-13(21)4-6-15(17)23-20(14)25/h3-4,6-10,22H,2,5,21H2,1H3,(H,23,25). The highest BCUT2D eigenvalue weighted by Gasteiger charge is 2.25. The second-order valence-corrected chi connectivity index (χ2v) is 6.59. The molecule has 0 unspecified atom stereocenters. The summed E-state index contributed by atoms with van der Waals surface area (Å²) in [5.74, 6) is 0.0514. The van der Waals surface area contributed by atoms with Gasteiger partial charge in [-0.15, -0.1) is 0 Å². The second-order valence-electron chi connectivity index (χ2n) is 6.59. The first-order valence-electron chi connectivity index (χ1n) is 8.70. The van der Waals surface area contributed by atoms with Gasteiger partial charge in [0.15, 0.2) is 5.75 Å². The number of nitro groups is 1. The van der Waals surface area contributed by atoms with Gasteiger partial charge in [0.2, 0.25) is 0 Å². The number of nitrogens with zero attached hydrogens (tertiary/aromatic N) is 1. The second kappa shape index (κ2) is 6.73. The van der Waals surface area contributed by atoms with E-state index in [2.05, 4.69) is 10.6 Å². The van der Waals surface area contributed by atoms with Gasteiger partial charge >= 0.3 is 5.69 Å². The quantitative estimate of drug-likeness (QED) is 0.426. The van der Waals surface area contributed by atoms with Crippen LogP contribution in [0.25, 0.3) is 5.57 Å². The van der Waals surface area contributed by atoms with E-state index in [-0.39, 0.29) is 17.3 Å². The third-order valence-corrected chi connectivity index (χ3v) is 4.87. The molecule has 2 aromatic carbocycles. The summed E-state index contributed by atoms with van der Waals surface area (Å²) in [4.78, 5) is 23.2. The zero-order valence-electron chi connectivity index (χ0n) is 15.1. The van der Waals surface area contributed by atoms with Crippen LogP contribution in [0.3, 0.4) is 0 Å². The van der Waals surface area contributed by atoms with E-state index >= 15 is 0 Å². The number of ether oxygens (including phenoxy) is 1. The van der Waals surface area contributed by atoms with Gasteiger partial charge in [-0.3, -0.25) is 14.9 Å². The predicted molar refractivity (Wildman–Crippen MR) is 107 cm³/mol. The Morgan fingerprint density at radius 2 is 1.93 bits per heavy atom. The number of nitrogens with one attached hydrogen (secondary N) is 2. The van der Waals surface area contributed by atoms with Crippen molar-refractivity contribution in [1.82, 2.24) is 0 Å². The third-order valence-electron chi connectivity index (χ3n) is 4.87. The minimum absolute atomic E-state index is 0.0843. The van der Waals surface area contributed by atoms with E-state index < -0.39 is 4.92 Å². The van der Waals surface area contributed by atoms with Gasteiger partial charge in [-0.05, 0) is 60.4 Å². The Labute approximate surface area is 160 Å². The molecule has 2 aromatic rings. The summed E-state index contributed by atoms with van der Waals surface area (Å²) in [7, 11) is 1.40. The van der Waals surface area contributed by atoms with E-state index in [4.69, 9.17) is 10.5 Å². The summed E-state index contributed by atoms with van der Waals surface area (Å²) in [6.07, 6.45) is 3.08. The molecule has 4 rings (SSSR count). The van der Waals surface area contributed by atoms with Crippen LogP contribution >= 0.6 is 0 Å². The molecule has 1 amide bonds. The summed E-state index contributed by atoms with van der Waals surface area (Å²) >= 11 is 0. The number of benzene rings is 2. The molecule has 8 nitrogen and oxygen atoms in total. The molecule has 0 atom stereocenters. The molecule has 0 aromatic heterocycles. The van der Waals surface area contributed by atoms with Crippen LogP contribution in [0.4, 0.5) is 22.7 Å². The summed E-state index contributed by atoms with van der Waals surface area (Å²) in [6, 6.07) is 10.0. The van der Waals surface area contributed by atoms with Crippen LogP contribution in [0, 0.1) is 10.1 Å². The number of carbonyl (C=O) groups excluding carboxylic acids is 1. The van der Waals surface area contributed by atoms with Crippen molar-refractivity contribution in [3.05, 3.63) is 69.4 Å². The van der Waals surface area contributed by atoms with E-state index in [0.717, 1.165) is 16.8 Å². The Hall–Kier alpha value is -3.81. The van der Waals surface area contributed by atoms with E-state index in [1.807, 2.05) is 6.08 Å². The highest BCUT2D eigenvalue weighted by atomic mass is 16.6. The van der Waals surface area contributed by atoms with Gasteiger partial charge in [0.1, 0.15) is 0 Å². The number of methoxy groups -OCH3 is 1. The number of rotatable bonds is 3. The van der Waals surface area contributed by atoms with Crippen molar-refractivity contribution in [2.45, 2.75) is 12.8 Å². The number of nitro benzene ring substituents is 1. The molecule has 1 aliphatic heterocycles. The van der Waals surface area contributed by atoms with Crippen molar-refractivity contribution in [3.8, 4) is 5.75 Å². The van der Waals surface area contributed by atoms with Crippen molar-refractivity contribution >= 4 is 34.2 Å². The van der Waals surface area contributed by atoms with Crippen molar-refractivity contribution in [1.29, 1.82) is 0 Å². The van der Waals surface area contributed by atoms with Crippen molar-refractivity contribution in [3.63, 3.8) is 0 Å². The number of allylic oxidation sites excluding steroid dienone is 2. The van der Waals surface area contributed by atoms with Gasteiger partial charge in [0, 0.05) is 23.0 Å². The van der Waals surface area contributed by atoms with Gasteiger partial charge in [-0.2, -0.15) is 0 Å². The molecule has 0 bridgehead atoms. The minimum Gasteiger partial charge on any atom is -0.490 e. The minimum atomic E-state index is -0.475. The van der Waals surface area contributed by atoms with Gasteiger partial charge in [0.25, 0.3) is 5.91 Å². The molecule has 1 aliphatic carbocycles. The number of hydrogen-bond acceptors (Lipinski definition) is 6. The van der Waals surface area contributed by atoms with Gasteiger partial charge in [-0.1, -0.05) is 0 Å². The third kappa shape index (κ3) is 3.05. The maximum atomic E-state index is 12.6. The number of fused-ring (bicyclic) bond motifs is 1. The fraction of sp³-hybridized carbons (Fsp3) is 0.150. The predicted octanol–water partition coefficient (Wildman–Crippen LogP) is 3.68. The van der Waals surface area contributed by atoms with Crippen LogP contribution in [0.15, 0.2) is 53.7 Å². The first-order valence-corrected chi connectivity index (χ1v) is 8.70. The maximum absolute atomic E-state index is 12.6. The number of carbonyl (C=O) groups is 1. The number of nitrogens with two attached hydrogens (primary N) is 1. The average Bonchev–Trinajstić information content (AvgIpc) is 2.82. The van der Waals surface area contributed by atoms with Crippen molar-refractivity contribution < 1.29 is 14.5 Å². The van der Waals surface area contributed by atoms with Gasteiger partial charge in [0.05, 0.1) is 23.4 Å². The van der Waals surface area contributed by atoms with Crippen LogP contribution in [0.5, 0.6) is 5.75 Å². The first kappa shape index (κ1) is 17.6. The molecule has 0 saturated carbocycles. The normalized spacial score (nSPS) is 15.5.